The maximum atomic E-state index is 5.15. The molecule has 2 aromatic rings. The van der Waals surface area contributed by atoms with E-state index in [1.807, 2.05) is 30.5 Å². The van der Waals surface area contributed by atoms with Gasteiger partial charge in [-0.1, -0.05) is 19.1 Å². The monoisotopic (exact) mass is 446 g/mol. The van der Waals surface area contributed by atoms with Crippen LogP contribution in [0.3, 0.4) is 0 Å². The zero-order valence-electron chi connectivity index (χ0n) is 13.6. The Morgan fingerprint density at radius 3 is 2.48 bits per heavy atom. The summed E-state index contributed by atoms with van der Waals surface area (Å²) in [6.45, 7) is 3.54. The van der Waals surface area contributed by atoms with Gasteiger partial charge in [0, 0.05) is 24.7 Å². The quantitative estimate of drug-likeness (QED) is 0.407. The molecule has 0 unspecified atom stereocenters. The van der Waals surface area contributed by atoms with E-state index in [1.54, 1.807) is 25.5 Å². The lowest BCUT2D eigenvalue weighted by atomic mass is 10.2. The summed E-state index contributed by atoms with van der Waals surface area (Å²) in [5, 5.41) is 7.64. The molecule has 7 heteroatoms. The molecular weight excluding hydrogens is 423 g/mol. The van der Waals surface area contributed by atoms with E-state index in [0.717, 1.165) is 23.1 Å². The van der Waals surface area contributed by atoms with Crippen molar-refractivity contribution in [3.63, 3.8) is 0 Å². The largest absolute Gasteiger partial charge is 0.497 e. The van der Waals surface area contributed by atoms with Crippen molar-refractivity contribution in [2.75, 3.05) is 14.2 Å². The molecule has 23 heavy (non-hydrogen) atoms. The number of guanidine groups is 1. The van der Waals surface area contributed by atoms with Crippen molar-refractivity contribution in [3.8, 4) is 5.75 Å². The van der Waals surface area contributed by atoms with Gasteiger partial charge < -0.3 is 15.4 Å². The lowest BCUT2D eigenvalue weighted by Crippen LogP contribution is -2.36. The van der Waals surface area contributed by atoms with Gasteiger partial charge in [-0.3, -0.25) is 4.99 Å². The molecule has 0 radical (unpaired) electrons. The third kappa shape index (κ3) is 6.34. The van der Waals surface area contributed by atoms with Gasteiger partial charge in [0.25, 0.3) is 0 Å². The van der Waals surface area contributed by atoms with Crippen LogP contribution in [-0.2, 0) is 19.5 Å². The minimum atomic E-state index is 0. The van der Waals surface area contributed by atoms with Crippen LogP contribution < -0.4 is 15.4 Å². The highest BCUT2D eigenvalue weighted by atomic mass is 127. The van der Waals surface area contributed by atoms with Crippen molar-refractivity contribution >= 4 is 41.3 Å². The lowest BCUT2D eigenvalue weighted by Gasteiger charge is -2.11. The number of nitrogens with one attached hydrogen (secondary N) is 2. The summed E-state index contributed by atoms with van der Waals surface area (Å²) >= 11 is 1.73. The summed E-state index contributed by atoms with van der Waals surface area (Å²) in [5.41, 5.74) is 1.17. The number of benzene rings is 1. The van der Waals surface area contributed by atoms with Crippen LogP contribution in [0.4, 0.5) is 0 Å². The van der Waals surface area contributed by atoms with Gasteiger partial charge in [-0.15, -0.1) is 35.3 Å². The summed E-state index contributed by atoms with van der Waals surface area (Å²) in [4.78, 5) is 9.92. The first kappa shape index (κ1) is 19.7. The molecule has 1 aromatic carbocycles. The summed E-state index contributed by atoms with van der Waals surface area (Å²) in [6, 6.07) is 7.98. The van der Waals surface area contributed by atoms with Crippen LogP contribution in [0.1, 0.15) is 22.4 Å². The van der Waals surface area contributed by atoms with Gasteiger partial charge in [0.05, 0.1) is 13.7 Å². The number of ether oxygens (including phenoxy) is 1. The van der Waals surface area contributed by atoms with E-state index >= 15 is 0 Å². The van der Waals surface area contributed by atoms with E-state index in [2.05, 4.69) is 27.5 Å². The second kappa shape index (κ2) is 10.4. The fourth-order valence-corrected chi connectivity index (χ4v) is 2.70. The van der Waals surface area contributed by atoms with Crippen molar-refractivity contribution < 1.29 is 4.74 Å². The SMILES string of the molecule is CCc1cnc(CNC(=NC)NCc2ccc(OC)cc2)s1.I. The van der Waals surface area contributed by atoms with Crippen LogP contribution in [0, 0.1) is 0 Å². The fourth-order valence-electron chi connectivity index (χ4n) is 1.90. The highest BCUT2D eigenvalue weighted by Gasteiger charge is 2.03. The number of halogens is 1. The highest BCUT2D eigenvalue weighted by molar-refractivity contribution is 14.0. The molecule has 0 atom stereocenters. The summed E-state index contributed by atoms with van der Waals surface area (Å²) in [6.07, 6.45) is 2.97. The molecule has 126 valence electrons. The van der Waals surface area contributed by atoms with Gasteiger partial charge in [0.1, 0.15) is 10.8 Å². The van der Waals surface area contributed by atoms with Crippen molar-refractivity contribution in [1.82, 2.24) is 15.6 Å². The first-order valence-corrected chi connectivity index (χ1v) is 8.07. The molecule has 0 bridgehead atoms. The lowest BCUT2D eigenvalue weighted by molar-refractivity contribution is 0.414. The Balaban J connectivity index is 0.00000264. The Labute approximate surface area is 158 Å². The van der Waals surface area contributed by atoms with E-state index in [4.69, 9.17) is 4.74 Å². The van der Waals surface area contributed by atoms with Crippen molar-refractivity contribution in [1.29, 1.82) is 0 Å². The fraction of sp³-hybridized carbons (Fsp3) is 0.375. The predicted molar refractivity (Wildman–Crippen MR) is 107 cm³/mol. The number of hydrogen-bond donors (Lipinski definition) is 2. The Bertz CT molecular complexity index is 613. The smallest absolute Gasteiger partial charge is 0.191 e. The Morgan fingerprint density at radius 2 is 1.91 bits per heavy atom. The number of aliphatic imine (C=N–C) groups is 1. The van der Waals surface area contributed by atoms with E-state index in [1.165, 1.54) is 10.4 Å². The molecule has 0 fully saturated rings. The van der Waals surface area contributed by atoms with Crippen molar-refractivity contribution in [2.24, 2.45) is 4.99 Å². The molecule has 0 amide bonds. The van der Waals surface area contributed by atoms with Gasteiger partial charge in [-0.2, -0.15) is 0 Å². The van der Waals surface area contributed by atoms with Crippen molar-refractivity contribution in [2.45, 2.75) is 26.4 Å². The second-order valence-corrected chi connectivity index (χ2v) is 5.90. The minimum absolute atomic E-state index is 0. The van der Waals surface area contributed by atoms with Crippen LogP contribution in [0.25, 0.3) is 0 Å². The van der Waals surface area contributed by atoms with Crippen LogP contribution in [0.15, 0.2) is 35.5 Å². The topological polar surface area (TPSA) is 58.5 Å². The Hall–Kier alpha value is -1.35. The van der Waals surface area contributed by atoms with E-state index in [9.17, 15) is 0 Å². The first-order chi connectivity index (χ1) is 10.7. The van der Waals surface area contributed by atoms with Crippen LogP contribution in [0.2, 0.25) is 0 Å². The zero-order chi connectivity index (χ0) is 15.8. The van der Waals surface area contributed by atoms with Crippen LogP contribution >= 0.6 is 35.3 Å². The average Bonchev–Trinajstić information content (AvgIpc) is 3.03. The standard InChI is InChI=1S/C16H22N4OS.HI/c1-4-14-10-18-15(22-14)11-20-16(17-2)19-9-12-5-7-13(21-3)8-6-12;/h5-8,10H,4,9,11H2,1-3H3,(H2,17,19,20);1H. The summed E-state index contributed by atoms with van der Waals surface area (Å²) in [5.74, 6) is 1.63. The number of aryl methyl sites for hydroxylation is 1. The summed E-state index contributed by atoms with van der Waals surface area (Å²) < 4.78 is 5.15. The maximum Gasteiger partial charge on any atom is 0.191 e. The molecule has 2 rings (SSSR count). The number of nitrogens with zero attached hydrogens (tertiary/aromatic N) is 2. The van der Waals surface area contributed by atoms with Crippen molar-refractivity contribution in [3.05, 3.63) is 45.9 Å². The van der Waals surface area contributed by atoms with Gasteiger partial charge in [-0.05, 0) is 24.1 Å². The number of thiazole rings is 1. The van der Waals surface area contributed by atoms with Gasteiger partial charge in [-0.25, -0.2) is 4.98 Å². The molecule has 1 heterocycles. The van der Waals surface area contributed by atoms with Gasteiger partial charge in [0.15, 0.2) is 5.96 Å². The zero-order valence-corrected chi connectivity index (χ0v) is 16.8. The van der Waals surface area contributed by atoms with Gasteiger partial charge >= 0.3 is 0 Å². The number of methoxy groups -OCH3 is 1. The molecule has 0 saturated carbocycles. The maximum absolute atomic E-state index is 5.15. The number of aromatic nitrogens is 1. The molecule has 1 aromatic heterocycles. The van der Waals surface area contributed by atoms with E-state index < -0.39 is 0 Å². The molecule has 5 nitrogen and oxygen atoms in total. The molecule has 0 aliphatic carbocycles. The predicted octanol–water partition coefficient (Wildman–Crippen LogP) is 3.20. The number of hydrogen-bond acceptors (Lipinski definition) is 4. The Morgan fingerprint density at radius 1 is 1.22 bits per heavy atom. The molecule has 0 saturated heterocycles. The third-order valence-electron chi connectivity index (χ3n) is 3.20. The van der Waals surface area contributed by atoms with E-state index in [0.29, 0.717) is 13.1 Å². The van der Waals surface area contributed by atoms with E-state index in [-0.39, 0.29) is 24.0 Å². The molecule has 2 N–H and O–H groups in total. The van der Waals surface area contributed by atoms with Gasteiger partial charge in [0.2, 0.25) is 0 Å². The number of rotatable bonds is 6. The normalized spacial score (nSPS) is 10.8. The highest BCUT2D eigenvalue weighted by Crippen LogP contribution is 2.13. The molecular formula is C16H23IN4OS. The molecule has 0 aliphatic rings. The Kier molecular flexibility index (Phi) is 8.93. The van der Waals surface area contributed by atoms with Crippen LogP contribution in [-0.4, -0.2) is 25.1 Å². The first-order valence-electron chi connectivity index (χ1n) is 7.26. The molecule has 0 aliphatic heterocycles. The summed E-state index contributed by atoms with van der Waals surface area (Å²) in [7, 11) is 3.43. The van der Waals surface area contributed by atoms with Crippen LogP contribution in [0.5, 0.6) is 5.75 Å². The average molecular weight is 446 g/mol. The second-order valence-electron chi connectivity index (χ2n) is 4.70. The minimum Gasteiger partial charge on any atom is -0.497 e. The molecule has 0 spiro atoms. The third-order valence-corrected chi connectivity index (χ3v) is 4.34.